The van der Waals surface area contributed by atoms with E-state index < -0.39 is 0 Å². The number of nitrogens with one attached hydrogen (secondary N) is 2. The summed E-state index contributed by atoms with van der Waals surface area (Å²) in [6, 6.07) is 11.1. The predicted molar refractivity (Wildman–Crippen MR) is 148 cm³/mol. The predicted octanol–water partition coefficient (Wildman–Crippen LogP) is 2.45. The van der Waals surface area contributed by atoms with Crippen molar-refractivity contribution >= 4 is 28.4 Å². The molecule has 1 spiro atoms. The van der Waals surface area contributed by atoms with Gasteiger partial charge in [0.05, 0.1) is 12.6 Å². The topological polar surface area (TPSA) is 115 Å². The number of hydrogen-bond donors (Lipinski definition) is 2. The van der Waals surface area contributed by atoms with Gasteiger partial charge in [-0.3, -0.25) is 9.59 Å². The van der Waals surface area contributed by atoms with Gasteiger partial charge in [0.25, 0.3) is 11.1 Å². The molecule has 0 amide bonds. The third-order valence-corrected chi connectivity index (χ3v) is 7.37. The van der Waals surface area contributed by atoms with Crippen LogP contribution in [0.5, 0.6) is 0 Å². The van der Waals surface area contributed by atoms with Gasteiger partial charge in [-0.25, -0.2) is 19.0 Å². The van der Waals surface area contributed by atoms with Gasteiger partial charge in [-0.2, -0.15) is 4.98 Å². The van der Waals surface area contributed by atoms with Crippen LogP contribution in [-0.2, 0) is 6.54 Å². The Hall–Kier alpha value is -4.25. The minimum Gasteiger partial charge on any atom is -0.370 e. The van der Waals surface area contributed by atoms with E-state index in [1.54, 1.807) is 16.8 Å². The number of benzene rings is 1. The van der Waals surface area contributed by atoms with Gasteiger partial charge in [-0.1, -0.05) is 6.08 Å². The summed E-state index contributed by atoms with van der Waals surface area (Å²) in [6.07, 6.45) is 4.40. The molecule has 2 N–H and O–H groups in total. The molecule has 0 bridgehead atoms. The summed E-state index contributed by atoms with van der Waals surface area (Å²) in [5.74, 6) is 0.762. The fourth-order valence-electron chi connectivity index (χ4n) is 5.40. The third kappa shape index (κ3) is 4.08. The summed E-state index contributed by atoms with van der Waals surface area (Å²) >= 11 is 0. The smallest absolute Gasteiger partial charge is 0.278 e. The van der Waals surface area contributed by atoms with E-state index in [9.17, 15) is 9.59 Å². The largest absolute Gasteiger partial charge is 0.370 e. The summed E-state index contributed by atoms with van der Waals surface area (Å²) in [5.41, 5.74) is 2.40. The highest BCUT2D eigenvalue weighted by molar-refractivity contribution is 5.77. The summed E-state index contributed by atoms with van der Waals surface area (Å²) in [6.45, 7) is 12.2. The Labute approximate surface area is 219 Å². The zero-order valence-corrected chi connectivity index (χ0v) is 21.6. The SMILES string of the molecule is C=CCn1c(=O)c2cnc(Nc3ccc(N4CC5(CCNC5)C4)cc3)nc2n1-c1ccc(=O)n(C(C)C)n1. The second kappa shape index (κ2) is 9.25. The minimum absolute atomic E-state index is 0.143. The van der Waals surface area contributed by atoms with Crippen LogP contribution in [0, 0.1) is 5.41 Å². The van der Waals surface area contributed by atoms with Crippen molar-refractivity contribution in [1.29, 1.82) is 0 Å². The highest BCUT2D eigenvalue weighted by atomic mass is 16.1. The van der Waals surface area contributed by atoms with Gasteiger partial charge in [0, 0.05) is 48.7 Å². The normalized spacial score (nSPS) is 16.3. The lowest BCUT2D eigenvalue weighted by molar-refractivity contribution is 0.243. The molecule has 6 rings (SSSR count). The van der Waals surface area contributed by atoms with Crippen molar-refractivity contribution < 1.29 is 0 Å². The van der Waals surface area contributed by atoms with Gasteiger partial charge in [0.1, 0.15) is 5.39 Å². The Kier molecular flexibility index (Phi) is 5.87. The van der Waals surface area contributed by atoms with E-state index in [2.05, 4.69) is 49.3 Å². The van der Waals surface area contributed by atoms with Crippen molar-refractivity contribution in [1.82, 2.24) is 34.4 Å². The first-order chi connectivity index (χ1) is 18.4. The number of nitrogens with zero attached hydrogens (tertiary/aromatic N) is 7. The number of rotatable bonds is 7. The van der Waals surface area contributed by atoms with E-state index in [1.165, 1.54) is 33.7 Å². The zero-order valence-electron chi connectivity index (χ0n) is 21.6. The van der Waals surface area contributed by atoms with Gasteiger partial charge in [0.15, 0.2) is 11.5 Å². The Bertz CT molecular complexity index is 1620. The molecule has 2 fully saturated rings. The fourth-order valence-corrected chi connectivity index (χ4v) is 5.40. The summed E-state index contributed by atoms with van der Waals surface area (Å²) in [7, 11) is 0. The highest BCUT2D eigenvalue weighted by Gasteiger charge is 2.44. The zero-order chi connectivity index (χ0) is 26.4. The van der Waals surface area contributed by atoms with Crippen LogP contribution >= 0.6 is 0 Å². The maximum atomic E-state index is 13.2. The second-order valence-corrected chi connectivity index (χ2v) is 10.4. The van der Waals surface area contributed by atoms with Crippen LogP contribution in [0.15, 0.2) is 64.8 Å². The molecule has 5 heterocycles. The van der Waals surface area contributed by atoms with E-state index in [-0.39, 0.29) is 23.7 Å². The number of hydrogen-bond acceptors (Lipinski definition) is 8. The van der Waals surface area contributed by atoms with Crippen LogP contribution in [0.1, 0.15) is 26.3 Å². The summed E-state index contributed by atoms with van der Waals surface area (Å²) < 4.78 is 4.49. The van der Waals surface area contributed by atoms with Gasteiger partial charge < -0.3 is 15.5 Å². The molecule has 3 aromatic heterocycles. The lowest BCUT2D eigenvalue weighted by atomic mass is 9.79. The van der Waals surface area contributed by atoms with Gasteiger partial charge in [-0.05, 0) is 57.1 Å². The first kappa shape index (κ1) is 24.1. The Morgan fingerprint density at radius 2 is 1.95 bits per heavy atom. The van der Waals surface area contributed by atoms with E-state index in [1.807, 2.05) is 26.0 Å². The number of anilines is 3. The number of aromatic nitrogens is 6. The maximum absolute atomic E-state index is 13.2. The average Bonchev–Trinajstić information content (AvgIpc) is 3.48. The number of fused-ring (bicyclic) bond motifs is 1. The van der Waals surface area contributed by atoms with Crippen molar-refractivity contribution in [2.75, 3.05) is 36.4 Å². The number of allylic oxidation sites excluding steroid dienone is 1. The van der Waals surface area contributed by atoms with Crippen molar-refractivity contribution in [2.24, 2.45) is 5.41 Å². The Morgan fingerprint density at radius 1 is 1.16 bits per heavy atom. The lowest BCUT2D eigenvalue weighted by Crippen LogP contribution is -2.57. The standard InChI is InChI=1S/C27H31N9O2/c1-4-13-34-25(38)21-14-29-26(31-24(21)36(34)22-9-10-23(37)35(32-22)18(2)3)30-19-5-7-20(8-6-19)33-16-27(17-33)11-12-28-15-27/h4-10,14,18,28H,1,11-13,15-17H2,2-3H3,(H,29,30,31). The molecule has 2 saturated heterocycles. The van der Waals surface area contributed by atoms with Crippen molar-refractivity contribution in [3.63, 3.8) is 0 Å². The second-order valence-electron chi connectivity index (χ2n) is 10.4. The van der Waals surface area contributed by atoms with Crippen LogP contribution < -0.4 is 26.7 Å². The molecule has 0 radical (unpaired) electrons. The molecule has 11 nitrogen and oxygen atoms in total. The first-order valence-electron chi connectivity index (χ1n) is 12.9. The van der Waals surface area contributed by atoms with E-state index in [0.29, 0.717) is 28.2 Å². The van der Waals surface area contributed by atoms with Crippen molar-refractivity contribution in [3.05, 3.63) is 76.0 Å². The van der Waals surface area contributed by atoms with E-state index in [4.69, 9.17) is 0 Å². The molecule has 38 heavy (non-hydrogen) atoms. The average molecular weight is 514 g/mol. The van der Waals surface area contributed by atoms with Crippen LogP contribution in [-0.4, -0.2) is 55.3 Å². The van der Waals surface area contributed by atoms with Crippen LogP contribution in [0.3, 0.4) is 0 Å². The minimum atomic E-state index is -0.260. The molecule has 2 aliphatic heterocycles. The highest BCUT2D eigenvalue weighted by Crippen LogP contribution is 2.39. The Balaban J connectivity index is 1.32. The van der Waals surface area contributed by atoms with E-state index >= 15 is 0 Å². The molecule has 1 aromatic carbocycles. The molecule has 0 saturated carbocycles. The molecule has 2 aliphatic rings. The molecule has 4 aromatic rings. The van der Waals surface area contributed by atoms with Crippen LogP contribution in [0.2, 0.25) is 0 Å². The molecule has 0 aliphatic carbocycles. The molecule has 0 unspecified atom stereocenters. The maximum Gasteiger partial charge on any atom is 0.278 e. The third-order valence-electron chi connectivity index (χ3n) is 7.37. The molecule has 0 atom stereocenters. The Morgan fingerprint density at radius 3 is 2.63 bits per heavy atom. The van der Waals surface area contributed by atoms with Crippen molar-refractivity contribution in [3.8, 4) is 5.82 Å². The van der Waals surface area contributed by atoms with Gasteiger partial charge in [-0.15, -0.1) is 11.7 Å². The van der Waals surface area contributed by atoms with Gasteiger partial charge >= 0.3 is 0 Å². The monoisotopic (exact) mass is 513 g/mol. The van der Waals surface area contributed by atoms with E-state index in [0.717, 1.165) is 31.9 Å². The van der Waals surface area contributed by atoms with Crippen LogP contribution in [0.4, 0.5) is 17.3 Å². The van der Waals surface area contributed by atoms with Crippen LogP contribution in [0.25, 0.3) is 16.9 Å². The summed E-state index contributed by atoms with van der Waals surface area (Å²) in [5, 5.41) is 11.6. The molecular weight excluding hydrogens is 482 g/mol. The molecular formula is C27H31N9O2. The van der Waals surface area contributed by atoms with Crippen molar-refractivity contribution in [2.45, 2.75) is 32.9 Å². The molecule has 196 valence electrons. The first-order valence-corrected chi connectivity index (χ1v) is 12.9. The van der Waals surface area contributed by atoms with Gasteiger partial charge in [0.2, 0.25) is 5.95 Å². The lowest BCUT2D eigenvalue weighted by Gasteiger charge is -2.49. The molecule has 11 heteroatoms. The summed E-state index contributed by atoms with van der Waals surface area (Å²) in [4.78, 5) is 37.0. The quantitative estimate of drug-likeness (QED) is 0.362. The fraction of sp³-hybridized carbons (Fsp3) is 0.370.